The van der Waals surface area contributed by atoms with Crippen molar-refractivity contribution in [2.45, 2.75) is 39.5 Å². The third-order valence-electron chi connectivity index (χ3n) is 3.82. The molecule has 1 aromatic carbocycles. The molecule has 1 rings (SSSR count). The number of hydrogen-bond acceptors (Lipinski definition) is 3. The van der Waals surface area contributed by atoms with Crippen LogP contribution in [0.25, 0.3) is 0 Å². The van der Waals surface area contributed by atoms with Crippen molar-refractivity contribution >= 4 is 17.5 Å². The Morgan fingerprint density at radius 1 is 1.08 bits per heavy atom. The third kappa shape index (κ3) is 6.71. The summed E-state index contributed by atoms with van der Waals surface area (Å²) in [6, 6.07) is 7.81. The van der Waals surface area contributed by atoms with Gasteiger partial charge in [-0.05, 0) is 44.1 Å². The monoisotopic (exact) mass is 333 g/mol. The normalized spacial score (nSPS) is 11.5. The van der Waals surface area contributed by atoms with Gasteiger partial charge < -0.3 is 15.1 Å². The van der Waals surface area contributed by atoms with Crippen LogP contribution < -0.4 is 5.32 Å². The lowest BCUT2D eigenvalue weighted by molar-refractivity contribution is -0.132. The van der Waals surface area contributed by atoms with E-state index in [1.807, 2.05) is 38.4 Å². The van der Waals surface area contributed by atoms with Gasteiger partial charge in [0.05, 0.1) is 6.54 Å². The van der Waals surface area contributed by atoms with E-state index in [-0.39, 0.29) is 23.8 Å². The summed E-state index contributed by atoms with van der Waals surface area (Å²) < 4.78 is 0. The molecular weight excluding hydrogens is 302 g/mol. The van der Waals surface area contributed by atoms with Crippen molar-refractivity contribution in [2.75, 3.05) is 39.0 Å². The molecule has 0 bridgehead atoms. The van der Waals surface area contributed by atoms with Gasteiger partial charge >= 0.3 is 0 Å². The van der Waals surface area contributed by atoms with Crippen molar-refractivity contribution in [3.05, 3.63) is 29.8 Å². The molecule has 24 heavy (non-hydrogen) atoms. The molecule has 2 amide bonds. The van der Waals surface area contributed by atoms with E-state index >= 15 is 0 Å². The van der Waals surface area contributed by atoms with Crippen molar-refractivity contribution in [3.8, 4) is 0 Å². The number of rotatable bonds is 7. The molecule has 0 heterocycles. The van der Waals surface area contributed by atoms with Gasteiger partial charge in [-0.25, -0.2) is 0 Å². The molecule has 134 valence electrons. The maximum Gasteiger partial charge on any atom is 0.244 e. The summed E-state index contributed by atoms with van der Waals surface area (Å²) in [5.74, 6) is -0.236. The molecule has 0 aliphatic carbocycles. The van der Waals surface area contributed by atoms with Crippen LogP contribution >= 0.6 is 0 Å². The fourth-order valence-corrected chi connectivity index (χ4v) is 2.53. The maximum absolute atomic E-state index is 12.4. The lowest BCUT2D eigenvalue weighted by Gasteiger charge is -2.25. The zero-order chi connectivity index (χ0) is 18.3. The van der Waals surface area contributed by atoms with E-state index in [2.05, 4.69) is 31.0 Å². The van der Waals surface area contributed by atoms with Gasteiger partial charge in [0.1, 0.15) is 0 Å². The van der Waals surface area contributed by atoms with Crippen molar-refractivity contribution in [1.82, 2.24) is 9.80 Å². The first-order valence-corrected chi connectivity index (χ1v) is 8.41. The van der Waals surface area contributed by atoms with E-state index in [4.69, 9.17) is 0 Å². The number of para-hydroxylation sites is 1. The topological polar surface area (TPSA) is 52.7 Å². The highest BCUT2D eigenvalue weighted by atomic mass is 16.2. The summed E-state index contributed by atoms with van der Waals surface area (Å²) in [6.07, 6.45) is 0.846. The summed E-state index contributed by atoms with van der Waals surface area (Å²) in [5, 5.41) is 2.96. The summed E-state index contributed by atoms with van der Waals surface area (Å²) in [6.45, 7) is 9.40. The second-order valence-corrected chi connectivity index (χ2v) is 7.44. The molecular formula is C19H31N3O2. The first kappa shape index (κ1) is 20.2. The highest BCUT2D eigenvalue weighted by Gasteiger charge is 2.20. The number of hydrogen-bond donors (Lipinski definition) is 1. The number of nitrogens with zero attached hydrogens (tertiary/aromatic N) is 2. The molecule has 0 aliphatic heterocycles. The average Bonchev–Trinajstić information content (AvgIpc) is 2.45. The van der Waals surface area contributed by atoms with Crippen LogP contribution in [0.4, 0.5) is 5.69 Å². The molecule has 0 spiro atoms. The molecule has 1 N–H and O–H groups in total. The number of benzene rings is 1. The Bertz CT molecular complexity index is 562. The van der Waals surface area contributed by atoms with Crippen molar-refractivity contribution in [2.24, 2.45) is 0 Å². The number of carbonyl (C=O) groups is 2. The Kier molecular flexibility index (Phi) is 7.42. The van der Waals surface area contributed by atoms with Crippen LogP contribution in [-0.4, -0.2) is 55.3 Å². The van der Waals surface area contributed by atoms with Crippen molar-refractivity contribution < 1.29 is 9.59 Å². The summed E-state index contributed by atoms with van der Waals surface area (Å²) in [4.78, 5) is 27.8. The zero-order valence-corrected chi connectivity index (χ0v) is 15.8. The van der Waals surface area contributed by atoms with Gasteiger partial charge in [0.15, 0.2) is 0 Å². The van der Waals surface area contributed by atoms with Crippen molar-refractivity contribution in [3.63, 3.8) is 0 Å². The second kappa shape index (κ2) is 8.83. The predicted molar refractivity (Wildman–Crippen MR) is 99.2 cm³/mol. The highest BCUT2D eigenvalue weighted by molar-refractivity contribution is 5.95. The van der Waals surface area contributed by atoms with Crippen LogP contribution in [0.2, 0.25) is 0 Å². The molecule has 0 radical (unpaired) electrons. The number of nitrogens with one attached hydrogen (secondary N) is 1. The predicted octanol–water partition coefficient (Wildman–Crippen LogP) is 2.72. The fraction of sp³-hybridized carbons (Fsp3) is 0.579. The fourth-order valence-electron chi connectivity index (χ4n) is 2.53. The van der Waals surface area contributed by atoms with Gasteiger partial charge in [0.25, 0.3) is 0 Å². The molecule has 0 unspecified atom stereocenters. The molecule has 0 saturated carbocycles. The Morgan fingerprint density at radius 2 is 1.71 bits per heavy atom. The minimum Gasteiger partial charge on any atom is -0.334 e. The minimum absolute atomic E-state index is 0.0597. The Balaban J connectivity index is 2.72. The largest absolute Gasteiger partial charge is 0.334 e. The highest BCUT2D eigenvalue weighted by Crippen LogP contribution is 2.29. The van der Waals surface area contributed by atoms with Gasteiger partial charge in [-0.3, -0.25) is 9.59 Å². The van der Waals surface area contributed by atoms with Gasteiger partial charge in [-0.15, -0.1) is 0 Å². The Labute approximate surface area is 146 Å². The van der Waals surface area contributed by atoms with E-state index in [9.17, 15) is 9.59 Å². The Hall–Kier alpha value is -1.88. The molecule has 1 aromatic rings. The van der Waals surface area contributed by atoms with Gasteiger partial charge in [0, 0.05) is 19.2 Å². The first-order chi connectivity index (χ1) is 11.1. The van der Waals surface area contributed by atoms with Crippen LogP contribution in [0.15, 0.2) is 24.3 Å². The van der Waals surface area contributed by atoms with E-state index in [1.165, 1.54) is 6.92 Å². The molecule has 5 nitrogen and oxygen atoms in total. The lowest BCUT2D eigenvalue weighted by atomic mass is 9.86. The average molecular weight is 333 g/mol. The molecule has 5 heteroatoms. The molecule has 0 atom stereocenters. The Morgan fingerprint density at radius 3 is 2.25 bits per heavy atom. The second-order valence-electron chi connectivity index (χ2n) is 7.44. The van der Waals surface area contributed by atoms with Crippen molar-refractivity contribution in [1.29, 1.82) is 0 Å². The van der Waals surface area contributed by atoms with Crippen LogP contribution in [0.3, 0.4) is 0 Å². The SMILES string of the molecule is CC(=O)N(CCCN(C)C)CC(=O)Nc1ccccc1C(C)(C)C. The first-order valence-electron chi connectivity index (χ1n) is 8.41. The van der Waals surface area contributed by atoms with Gasteiger partial charge in [0.2, 0.25) is 11.8 Å². The van der Waals surface area contributed by atoms with Crippen LogP contribution in [0, 0.1) is 0 Å². The number of anilines is 1. The number of carbonyl (C=O) groups excluding carboxylic acids is 2. The molecule has 0 aromatic heterocycles. The number of amides is 2. The van der Waals surface area contributed by atoms with Gasteiger partial charge in [-0.1, -0.05) is 39.0 Å². The van der Waals surface area contributed by atoms with E-state index in [1.54, 1.807) is 4.90 Å². The standard InChI is InChI=1S/C19H31N3O2/c1-15(23)22(13-9-12-21(5)6)14-18(24)20-17-11-8-7-10-16(17)19(2,3)4/h7-8,10-11H,9,12-14H2,1-6H3,(H,20,24). The summed E-state index contributed by atoms with van der Waals surface area (Å²) in [7, 11) is 3.99. The third-order valence-corrected chi connectivity index (χ3v) is 3.82. The van der Waals surface area contributed by atoms with Crippen LogP contribution in [0.1, 0.15) is 39.7 Å². The quantitative estimate of drug-likeness (QED) is 0.835. The molecule has 0 aliphatic rings. The summed E-state index contributed by atoms with van der Waals surface area (Å²) in [5.41, 5.74) is 1.84. The van der Waals surface area contributed by atoms with Crippen LogP contribution in [0.5, 0.6) is 0 Å². The van der Waals surface area contributed by atoms with E-state index in [0.29, 0.717) is 6.54 Å². The molecule has 0 saturated heterocycles. The maximum atomic E-state index is 12.4. The van der Waals surface area contributed by atoms with E-state index < -0.39 is 0 Å². The molecule has 0 fully saturated rings. The minimum atomic E-state index is -0.160. The van der Waals surface area contributed by atoms with E-state index in [0.717, 1.165) is 24.2 Å². The lowest BCUT2D eigenvalue weighted by Crippen LogP contribution is -2.38. The summed E-state index contributed by atoms with van der Waals surface area (Å²) >= 11 is 0. The van der Waals surface area contributed by atoms with Crippen LogP contribution in [-0.2, 0) is 15.0 Å². The van der Waals surface area contributed by atoms with Gasteiger partial charge in [-0.2, -0.15) is 0 Å². The zero-order valence-electron chi connectivity index (χ0n) is 15.8. The smallest absolute Gasteiger partial charge is 0.244 e.